The lowest BCUT2D eigenvalue weighted by molar-refractivity contribution is 0.0926. The van der Waals surface area contributed by atoms with E-state index in [2.05, 4.69) is 91.8 Å². The van der Waals surface area contributed by atoms with Crippen LogP contribution >= 0.6 is 0 Å². The van der Waals surface area contributed by atoms with Crippen molar-refractivity contribution in [3.63, 3.8) is 0 Å². The van der Waals surface area contributed by atoms with Crippen LogP contribution in [0.2, 0.25) is 0 Å². The highest BCUT2D eigenvalue weighted by Crippen LogP contribution is 2.35. The Labute approximate surface area is 244 Å². The number of hydrogen-bond donors (Lipinski definition) is 0. The third-order valence-electron chi connectivity index (χ3n) is 8.17. The molecule has 0 atom stereocenters. The zero-order valence-electron chi connectivity index (χ0n) is 23.9. The van der Waals surface area contributed by atoms with Gasteiger partial charge in [-0.05, 0) is 87.4 Å². The van der Waals surface area contributed by atoms with E-state index in [0.29, 0.717) is 22.4 Å². The Balaban J connectivity index is 1.43. The Morgan fingerprint density at radius 1 is 0.524 bits per heavy atom. The van der Waals surface area contributed by atoms with E-state index in [0.717, 1.165) is 33.4 Å². The fourth-order valence-corrected chi connectivity index (χ4v) is 6.05. The highest BCUT2D eigenvalue weighted by atomic mass is 16.2. The summed E-state index contributed by atoms with van der Waals surface area (Å²) in [7, 11) is 0. The zero-order chi connectivity index (χ0) is 29.1. The van der Waals surface area contributed by atoms with Crippen LogP contribution in [0.4, 0.5) is 5.69 Å². The molecule has 7 rings (SSSR count). The molecule has 4 nitrogen and oxygen atoms in total. The van der Waals surface area contributed by atoms with Crippen molar-refractivity contribution in [1.29, 1.82) is 0 Å². The van der Waals surface area contributed by atoms with Gasteiger partial charge >= 0.3 is 0 Å². The Bertz CT molecular complexity index is 2090. The number of benzene rings is 5. The van der Waals surface area contributed by atoms with E-state index in [9.17, 15) is 9.59 Å². The summed E-state index contributed by atoms with van der Waals surface area (Å²) in [6.07, 6.45) is 0. The summed E-state index contributed by atoms with van der Waals surface area (Å²) in [6, 6.07) is 32.0. The van der Waals surface area contributed by atoms with Gasteiger partial charge < -0.3 is 4.57 Å². The molecule has 0 saturated carbocycles. The number of fused-ring (bicyclic) bond motifs is 4. The normalized spacial score (nSPS) is 12.6. The Morgan fingerprint density at radius 2 is 1.00 bits per heavy atom. The van der Waals surface area contributed by atoms with Gasteiger partial charge in [0.05, 0.1) is 44.7 Å². The van der Waals surface area contributed by atoms with E-state index in [1.54, 1.807) is 30.3 Å². The maximum Gasteiger partial charge on any atom is 0.266 e. The number of carbonyl (C=O) groups is 2. The average molecular weight is 545 g/mol. The average Bonchev–Trinajstić information content (AvgIpc) is 3.43. The van der Waals surface area contributed by atoms with Gasteiger partial charge in [0.1, 0.15) is 0 Å². The molecule has 0 bridgehead atoms. The Hall–Kier alpha value is -5.40. The number of rotatable bonds is 2. The van der Waals surface area contributed by atoms with Crippen molar-refractivity contribution >= 4 is 39.3 Å². The van der Waals surface area contributed by atoms with Crippen molar-refractivity contribution in [2.24, 2.45) is 0 Å². The molecule has 1 aliphatic rings. The molecule has 4 heteroatoms. The van der Waals surface area contributed by atoms with Crippen LogP contribution < -0.4 is 4.90 Å². The Morgan fingerprint density at radius 3 is 1.52 bits per heavy atom. The van der Waals surface area contributed by atoms with Crippen molar-refractivity contribution in [2.75, 3.05) is 4.90 Å². The number of nitrogens with zero attached hydrogens (tertiary/aromatic N) is 2. The van der Waals surface area contributed by atoms with Gasteiger partial charge in [0, 0.05) is 10.8 Å². The third kappa shape index (κ3) is 3.86. The lowest BCUT2D eigenvalue weighted by atomic mass is 10.0. The first-order chi connectivity index (χ1) is 20.3. The second kappa shape index (κ2) is 9.61. The molecule has 0 N–H and O–H groups in total. The largest absolute Gasteiger partial charge is 0.308 e. The van der Waals surface area contributed by atoms with Gasteiger partial charge in [-0.15, -0.1) is 0 Å². The van der Waals surface area contributed by atoms with Crippen LogP contribution in [0, 0.1) is 39.5 Å². The SMILES string of the molecule is Cc1ccc2c(c1)c1cc(C)ccc1n2-c1cccc(C)c1C#Cc1c(C)cccc1N1C(=O)c2ccccc2C1=O. The molecule has 2 heterocycles. The second-order valence-electron chi connectivity index (χ2n) is 11.1. The van der Waals surface area contributed by atoms with Gasteiger partial charge in [-0.25, -0.2) is 4.90 Å². The highest BCUT2D eigenvalue weighted by molar-refractivity contribution is 6.34. The summed E-state index contributed by atoms with van der Waals surface area (Å²) in [6.45, 7) is 8.27. The summed E-state index contributed by atoms with van der Waals surface area (Å²) in [4.78, 5) is 28.0. The summed E-state index contributed by atoms with van der Waals surface area (Å²) >= 11 is 0. The smallest absolute Gasteiger partial charge is 0.266 e. The molecule has 0 aliphatic carbocycles. The maximum absolute atomic E-state index is 13.4. The molecule has 0 saturated heterocycles. The molecule has 0 fully saturated rings. The van der Waals surface area contributed by atoms with E-state index in [4.69, 9.17) is 0 Å². The molecular formula is C38H28N2O2. The quantitative estimate of drug-likeness (QED) is 0.163. The topological polar surface area (TPSA) is 42.3 Å². The van der Waals surface area contributed by atoms with Crippen molar-refractivity contribution in [3.8, 4) is 17.5 Å². The molecule has 6 aromatic rings. The van der Waals surface area contributed by atoms with Crippen LogP contribution in [-0.4, -0.2) is 16.4 Å². The number of imide groups is 1. The molecule has 0 radical (unpaired) electrons. The number of hydrogen-bond acceptors (Lipinski definition) is 2. The zero-order valence-corrected chi connectivity index (χ0v) is 23.9. The first-order valence-electron chi connectivity index (χ1n) is 14.0. The van der Waals surface area contributed by atoms with Crippen molar-refractivity contribution < 1.29 is 9.59 Å². The van der Waals surface area contributed by atoms with Gasteiger partial charge in [0.2, 0.25) is 0 Å². The number of amides is 2. The van der Waals surface area contributed by atoms with E-state index < -0.39 is 0 Å². The number of anilines is 1. The van der Waals surface area contributed by atoms with Crippen LogP contribution in [0.15, 0.2) is 97.1 Å². The third-order valence-corrected chi connectivity index (χ3v) is 8.17. The molecule has 5 aromatic carbocycles. The summed E-state index contributed by atoms with van der Waals surface area (Å²) in [5.41, 5.74) is 10.5. The number of aromatic nitrogens is 1. The van der Waals surface area contributed by atoms with Crippen LogP contribution in [0.3, 0.4) is 0 Å². The van der Waals surface area contributed by atoms with Crippen LogP contribution in [-0.2, 0) is 0 Å². The van der Waals surface area contributed by atoms with Crippen LogP contribution in [0.5, 0.6) is 0 Å². The van der Waals surface area contributed by atoms with Gasteiger partial charge in [-0.2, -0.15) is 0 Å². The first kappa shape index (κ1) is 25.6. The van der Waals surface area contributed by atoms with Crippen LogP contribution in [0.25, 0.3) is 27.5 Å². The number of aryl methyl sites for hydroxylation is 4. The molecule has 42 heavy (non-hydrogen) atoms. The highest BCUT2D eigenvalue weighted by Gasteiger charge is 2.37. The molecule has 2 amide bonds. The Kier molecular flexibility index (Phi) is 5.85. The predicted octanol–water partition coefficient (Wildman–Crippen LogP) is 8.22. The predicted molar refractivity (Wildman–Crippen MR) is 170 cm³/mol. The van der Waals surface area contributed by atoms with E-state index in [1.165, 1.54) is 26.8 Å². The van der Waals surface area contributed by atoms with Gasteiger partial charge in [0.25, 0.3) is 11.8 Å². The van der Waals surface area contributed by atoms with Crippen LogP contribution in [0.1, 0.15) is 54.1 Å². The van der Waals surface area contributed by atoms with Gasteiger partial charge in [-0.3, -0.25) is 9.59 Å². The lowest BCUT2D eigenvalue weighted by Crippen LogP contribution is -2.30. The summed E-state index contributed by atoms with van der Waals surface area (Å²) < 4.78 is 2.30. The van der Waals surface area contributed by atoms with Gasteiger partial charge in [-0.1, -0.05) is 71.5 Å². The van der Waals surface area contributed by atoms with E-state index >= 15 is 0 Å². The van der Waals surface area contributed by atoms with Gasteiger partial charge in [0.15, 0.2) is 0 Å². The monoisotopic (exact) mass is 544 g/mol. The molecular weight excluding hydrogens is 516 g/mol. The lowest BCUT2D eigenvalue weighted by Gasteiger charge is -2.17. The summed E-state index contributed by atoms with van der Waals surface area (Å²) in [5.74, 6) is 6.22. The molecule has 1 aliphatic heterocycles. The molecule has 0 spiro atoms. The first-order valence-corrected chi connectivity index (χ1v) is 14.0. The molecule has 0 unspecified atom stereocenters. The minimum atomic E-state index is -0.323. The second-order valence-corrected chi connectivity index (χ2v) is 11.1. The van der Waals surface area contributed by atoms with Crippen molar-refractivity contribution in [1.82, 2.24) is 4.57 Å². The van der Waals surface area contributed by atoms with Crippen molar-refractivity contribution in [3.05, 3.63) is 142 Å². The fourth-order valence-electron chi connectivity index (χ4n) is 6.05. The molecule has 1 aromatic heterocycles. The fraction of sp³-hybridized carbons (Fsp3) is 0.105. The minimum absolute atomic E-state index is 0.323. The van der Waals surface area contributed by atoms with E-state index in [1.807, 2.05) is 19.1 Å². The molecule has 202 valence electrons. The maximum atomic E-state index is 13.4. The summed E-state index contributed by atoms with van der Waals surface area (Å²) in [5, 5.41) is 2.42. The van der Waals surface area contributed by atoms with Crippen molar-refractivity contribution in [2.45, 2.75) is 27.7 Å². The van der Waals surface area contributed by atoms with E-state index in [-0.39, 0.29) is 11.8 Å². The minimum Gasteiger partial charge on any atom is -0.308 e. The number of carbonyl (C=O) groups excluding carboxylic acids is 2. The standard InChI is InChI=1S/C38H28N2O2/c1-23-15-19-35-31(21-23)32-22-24(2)16-20-36(32)39(35)33-13-7-9-25(3)27(33)17-18-28-26(4)10-8-14-34(28)40-37(41)29-11-5-6-12-30(29)38(40)42/h5-16,19-22H,1-4H3.